The zero-order valence-electron chi connectivity index (χ0n) is 15.9. The lowest BCUT2D eigenvalue weighted by Gasteiger charge is -2.00. The van der Waals surface area contributed by atoms with Crippen LogP contribution in [0.4, 0.5) is 4.39 Å². The van der Waals surface area contributed by atoms with E-state index in [-0.39, 0.29) is 11.6 Å². The number of phenolic OH excluding ortho intramolecular Hbond substituents is 2. The van der Waals surface area contributed by atoms with Crippen molar-refractivity contribution in [2.45, 2.75) is 18.7 Å². The Kier molecular flexibility index (Phi) is 9.83. The largest absolute Gasteiger partial charge is 0.508 e. The van der Waals surface area contributed by atoms with E-state index in [0.717, 1.165) is 16.2 Å². The van der Waals surface area contributed by atoms with E-state index in [1.54, 1.807) is 67.4 Å². The lowest BCUT2D eigenvalue weighted by atomic mass is 10.2. The fraction of sp³-hybridized carbons (Fsp3) is 0.182. The van der Waals surface area contributed by atoms with Gasteiger partial charge in [0, 0.05) is 4.90 Å². The summed E-state index contributed by atoms with van der Waals surface area (Å²) in [5.41, 5.74) is 2.30. The Hall–Kier alpha value is -2.66. The van der Waals surface area contributed by atoms with Gasteiger partial charge in [0.1, 0.15) is 23.1 Å². The average molecular weight is 389 g/mol. The fourth-order valence-corrected chi connectivity index (χ4v) is 2.55. The van der Waals surface area contributed by atoms with Gasteiger partial charge < -0.3 is 14.9 Å². The molecule has 144 valence electrons. The molecule has 0 aromatic heterocycles. The zero-order chi connectivity index (χ0) is 20.2. The molecule has 0 atom stereocenters. The molecule has 0 heterocycles. The lowest BCUT2D eigenvalue weighted by molar-refractivity contribution is 0.412. The van der Waals surface area contributed by atoms with Crippen LogP contribution in [0, 0.1) is 19.7 Å². The van der Waals surface area contributed by atoms with Gasteiger partial charge in [-0.05, 0) is 74.2 Å². The zero-order valence-corrected chi connectivity index (χ0v) is 16.8. The highest BCUT2D eigenvalue weighted by atomic mass is 32.2. The second-order valence-corrected chi connectivity index (χ2v) is 6.50. The first kappa shape index (κ1) is 22.4. The molecule has 3 rings (SSSR count). The average Bonchev–Trinajstić information content (AvgIpc) is 2.68. The van der Waals surface area contributed by atoms with Crippen molar-refractivity contribution in [1.82, 2.24) is 0 Å². The molecule has 5 heteroatoms. The molecule has 3 nitrogen and oxygen atoms in total. The smallest absolute Gasteiger partial charge is 0.123 e. The number of hydrogen-bond acceptors (Lipinski definition) is 4. The molecule has 0 aliphatic carbocycles. The number of aryl methyl sites for hydroxylation is 2. The van der Waals surface area contributed by atoms with Crippen LogP contribution < -0.4 is 4.74 Å². The highest BCUT2D eigenvalue weighted by Crippen LogP contribution is 2.23. The van der Waals surface area contributed by atoms with Crippen LogP contribution in [0.5, 0.6) is 17.2 Å². The molecule has 0 spiro atoms. The molecule has 3 aromatic carbocycles. The van der Waals surface area contributed by atoms with E-state index in [9.17, 15) is 4.39 Å². The van der Waals surface area contributed by atoms with Crippen molar-refractivity contribution in [3.8, 4) is 17.2 Å². The summed E-state index contributed by atoms with van der Waals surface area (Å²) in [7, 11) is 1.59. The van der Waals surface area contributed by atoms with Gasteiger partial charge in [0.15, 0.2) is 0 Å². The van der Waals surface area contributed by atoms with E-state index in [2.05, 4.69) is 0 Å². The highest BCUT2D eigenvalue weighted by Gasteiger charge is 1.95. The minimum atomic E-state index is -0.171. The topological polar surface area (TPSA) is 49.7 Å². The molecule has 0 saturated carbocycles. The van der Waals surface area contributed by atoms with Crippen LogP contribution in [0.25, 0.3) is 0 Å². The molecular formula is C22H25FO3S. The third-order valence-electron chi connectivity index (χ3n) is 3.47. The monoisotopic (exact) mass is 388 g/mol. The molecule has 0 saturated heterocycles. The van der Waals surface area contributed by atoms with E-state index < -0.39 is 0 Å². The van der Waals surface area contributed by atoms with E-state index >= 15 is 0 Å². The van der Waals surface area contributed by atoms with Gasteiger partial charge in [-0.3, -0.25) is 0 Å². The minimum absolute atomic E-state index is 0.171. The number of ether oxygens (including phenoxy) is 1. The Morgan fingerprint density at radius 1 is 0.815 bits per heavy atom. The summed E-state index contributed by atoms with van der Waals surface area (Å²) >= 11 is 1.65. The normalized spacial score (nSPS) is 9.37. The second kappa shape index (κ2) is 11.9. The fourth-order valence-electron chi connectivity index (χ4n) is 1.92. The van der Waals surface area contributed by atoms with Gasteiger partial charge in [-0.1, -0.05) is 23.8 Å². The molecule has 2 N–H and O–H groups in total. The Labute approximate surface area is 164 Å². The first-order chi connectivity index (χ1) is 12.8. The molecule has 0 aliphatic heterocycles. The van der Waals surface area contributed by atoms with Crippen molar-refractivity contribution in [1.29, 1.82) is 0 Å². The number of rotatable bonds is 2. The molecule has 0 bridgehead atoms. The molecule has 3 aromatic rings. The number of halogens is 1. The molecule has 27 heavy (non-hydrogen) atoms. The molecule has 0 fully saturated rings. The van der Waals surface area contributed by atoms with Crippen LogP contribution >= 0.6 is 11.8 Å². The van der Waals surface area contributed by atoms with E-state index in [4.69, 9.17) is 14.9 Å². The molecule has 0 radical (unpaired) electrons. The van der Waals surface area contributed by atoms with Gasteiger partial charge >= 0.3 is 0 Å². The third kappa shape index (κ3) is 9.01. The first-order valence-corrected chi connectivity index (χ1v) is 9.47. The maximum absolute atomic E-state index is 12.1. The Morgan fingerprint density at radius 2 is 1.37 bits per heavy atom. The van der Waals surface area contributed by atoms with Crippen molar-refractivity contribution in [2.24, 2.45) is 0 Å². The highest BCUT2D eigenvalue weighted by molar-refractivity contribution is 7.98. The molecular weight excluding hydrogens is 363 g/mol. The van der Waals surface area contributed by atoms with Crippen LogP contribution in [-0.2, 0) is 0 Å². The van der Waals surface area contributed by atoms with Gasteiger partial charge in [0.25, 0.3) is 0 Å². The van der Waals surface area contributed by atoms with Gasteiger partial charge in [0.05, 0.1) is 7.11 Å². The first-order valence-electron chi connectivity index (χ1n) is 8.24. The lowest BCUT2D eigenvalue weighted by Crippen LogP contribution is -1.79. The van der Waals surface area contributed by atoms with Gasteiger partial charge in [-0.2, -0.15) is 0 Å². The maximum Gasteiger partial charge on any atom is 0.123 e. The summed E-state index contributed by atoms with van der Waals surface area (Å²) in [6, 6.07) is 18.4. The van der Waals surface area contributed by atoms with Crippen molar-refractivity contribution < 1.29 is 19.3 Å². The predicted molar refractivity (Wildman–Crippen MR) is 110 cm³/mol. The van der Waals surface area contributed by atoms with Gasteiger partial charge in [-0.25, -0.2) is 4.39 Å². The van der Waals surface area contributed by atoms with Crippen molar-refractivity contribution in [2.75, 3.05) is 13.4 Å². The van der Waals surface area contributed by atoms with Gasteiger partial charge in [0.2, 0.25) is 0 Å². The van der Waals surface area contributed by atoms with Crippen LogP contribution in [0.2, 0.25) is 0 Å². The van der Waals surface area contributed by atoms with Crippen LogP contribution in [-0.4, -0.2) is 23.6 Å². The van der Waals surface area contributed by atoms with Crippen LogP contribution in [0.15, 0.2) is 71.6 Å². The maximum atomic E-state index is 12.1. The Balaban J connectivity index is 0.000000204. The standard InChI is InChI=1S/C8H10OS.C7H7F.C7H8O2/c1-6-3-4-7(9)5-8(6)10-2;1-6-2-4-7(8)5-3-6;1-9-7-4-2-6(8)3-5-7/h3-5,9H,1-2H3;2-5H,1H3;2-5,8H,1H3. The second-order valence-electron chi connectivity index (χ2n) is 5.65. The van der Waals surface area contributed by atoms with Crippen molar-refractivity contribution >= 4 is 11.8 Å². The summed E-state index contributed by atoms with van der Waals surface area (Å²) in [6.07, 6.45) is 2.00. The van der Waals surface area contributed by atoms with Crippen molar-refractivity contribution in [3.63, 3.8) is 0 Å². The number of thioether (sulfide) groups is 1. The number of aromatic hydroxyl groups is 2. The minimum Gasteiger partial charge on any atom is -0.508 e. The van der Waals surface area contributed by atoms with Crippen molar-refractivity contribution in [3.05, 3.63) is 83.7 Å². The predicted octanol–water partition coefficient (Wildman–Crippen LogP) is 5.96. The van der Waals surface area contributed by atoms with Crippen LogP contribution in [0.3, 0.4) is 0 Å². The van der Waals surface area contributed by atoms with E-state index in [1.807, 2.05) is 26.2 Å². The Bertz CT molecular complexity index is 782. The quantitative estimate of drug-likeness (QED) is 0.532. The summed E-state index contributed by atoms with van der Waals surface area (Å²) in [5, 5.41) is 17.9. The summed E-state index contributed by atoms with van der Waals surface area (Å²) in [6.45, 7) is 3.96. The summed E-state index contributed by atoms with van der Waals surface area (Å²) in [4.78, 5) is 1.14. The van der Waals surface area contributed by atoms with E-state index in [1.165, 1.54) is 17.7 Å². The summed E-state index contributed by atoms with van der Waals surface area (Å²) < 4.78 is 16.9. The van der Waals surface area contributed by atoms with Crippen LogP contribution in [0.1, 0.15) is 11.1 Å². The number of phenols is 2. The Morgan fingerprint density at radius 3 is 1.81 bits per heavy atom. The molecule has 0 aliphatic rings. The number of methoxy groups -OCH3 is 1. The van der Waals surface area contributed by atoms with E-state index in [0.29, 0.717) is 5.75 Å². The molecule has 0 amide bonds. The number of benzene rings is 3. The van der Waals surface area contributed by atoms with Gasteiger partial charge in [-0.15, -0.1) is 11.8 Å². The SMILES string of the molecule is COc1ccc(O)cc1.CSc1cc(O)ccc1C.Cc1ccc(F)cc1. The molecule has 0 unspecified atom stereocenters. The summed E-state index contributed by atoms with van der Waals surface area (Å²) in [5.74, 6) is 1.19. The third-order valence-corrected chi connectivity index (χ3v) is 4.35. The number of hydrogen-bond donors (Lipinski definition) is 2.